The molecule has 2 atom stereocenters. The van der Waals surface area contributed by atoms with Crippen molar-refractivity contribution < 1.29 is 8.42 Å². The van der Waals surface area contributed by atoms with E-state index < -0.39 is 26.4 Å². The summed E-state index contributed by atoms with van der Waals surface area (Å²) < 4.78 is 25.8. The first-order valence-corrected chi connectivity index (χ1v) is 8.70. The van der Waals surface area contributed by atoms with Gasteiger partial charge in [-0.3, -0.25) is 0 Å². The Balaban J connectivity index is 2.10. The molecule has 0 N–H and O–H groups in total. The summed E-state index contributed by atoms with van der Waals surface area (Å²) in [4.78, 5) is 0.148. The van der Waals surface area contributed by atoms with Gasteiger partial charge in [0.15, 0.2) is 15.3 Å². The minimum absolute atomic E-state index is 0.148. The van der Waals surface area contributed by atoms with Gasteiger partial charge in [0.25, 0.3) is 0 Å². The Hall–Kier alpha value is -2.63. The van der Waals surface area contributed by atoms with Crippen LogP contribution in [0, 0.1) is 35.0 Å². The van der Waals surface area contributed by atoms with Crippen molar-refractivity contribution in [2.45, 2.75) is 23.0 Å². The maximum absolute atomic E-state index is 12.9. The number of benzene rings is 2. The Labute approximate surface area is 135 Å². The molecule has 0 unspecified atom stereocenters. The smallest absolute Gasteiger partial charge is 0.184 e. The summed E-state index contributed by atoms with van der Waals surface area (Å²) in [6.07, 6.45) is 0. The lowest BCUT2D eigenvalue weighted by atomic mass is 10.0. The van der Waals surface area contributed by atoms with Gasteiger partial charge in [-0.2, -0.15) is 10.5 Å². The van der Waals surface area contributed by atoms with Crippen LogP contribution >= 0.6 is 0 Å². The van der Waals surface area contributed by atoms with Gasteiger partial charge in [-0.15, -0.1) is 0 Å². The van der Waals surface area contributed by atoms with E-state index in [1.54, 1.807) is 30.3 Å². The molecule has 0 spiro atoms. The van der Waals surface area contributed by atoms with Gasteiger partial charge in [0, 0.05) is 5.92 Å². The van der Waals surface area contributed by atoms with Crippen LogP contribution in [0.15, 0.2) is 59.5 Å². The zero-order valence-corrected chi connectivity index (χ0v) is 13.3. The Morgan fingerprint density at radius 2 is 1.52 bits per heavy atom. The van der Waals surface area contributed by atoms with E-state index in [1.165, 1.54) is 12.1 Å². The molecule has 5 heteroatoms. The highest BCUT2D eigenvalue weighted by Crippen LogP contribution is 2.63. The number of rotatable bonds is 3. The van der Waals surface area contributed by atoms with E-state index in [0.29, 0.717) is 5.56 Å². The fourth-order valence-electron chi connectivity index (χ4n) is 3.04. The van der Waals surface area contributed by atoms with Crippen molar-refractivity contribution in [3.8, 4) is 12.1 Å². The molecule has 0 amide bonds. The lowest BCUT2D eigenvalue weighted by molar-refractivity contribution is 0.591. The summed E-state index contributed by atoms with van der Waals surface area (Å²) in [6.45, 7) is 1.93. The molecule has 0 aromatic heterocycles. The fraction of sp³-hybridized carbons (Fsp3) is 0.222. The molecule has 1 fully saturated rings. The molecule has 0 saturated heterocycles. The van der Waals surface area contributed by atoms with Crippen LogP contribution in [0.2, 0.25) is 0 Å². The molecule has 1 saturated carbocycles. The summed E-state index contributed by atoms with van der Waals surface area (Å²) in [5.41, 5.74) is 0.226. The molecule has 114 valence electrons. The van der Waals surface area contributed by atoms with Gasteiger partial charge in [0.2, 0.25) is 0 Å². The second-order valence-corrected chi connectivity index (χ2v) is 7.83. The summed E-state index contributed by atoms with van der Waals surface area (Å²) in [5, 5.41) is 17.9. The van der Waals surface area contributed by atoms with Crippen LogP contribution in [0.3, 0.4) is 0 Å². The average molecular weight is 322 g/mol. The number of hydrogen-bond donors (Lipinski definition) is 0. The van der Waals surface area contributed by atoms with Crippen molar-refractivity contribution in [3.05, 3.63) is 65.7 Å². The molecule has 23 heavy (non-hydrogen) atoms. The molecule has 0 aliphatic heterocycles. The van der Waals surface area contributed by atoms with Gasteiger partial charge >= 0.3 is 0 Å². The summed E-state index contributed by atoms with van der Waals surface area (Å²) in [7, 11) is -3.75. The Morgan fingerprint density at radius 3 is 2.04 bits per heavy atom. The normalized spacial score (nSPS) is 21.9. The van der Waals surface area contributed by atoms with Gasteiger partial charge in [-0.05, 0) is 24.6 Å². The minimum Gasteiger partial charge on any atom is -0.223 e. The third kappa shape index (κ3) is 2.21. The van der Waals surface area contributed by atoms with Crippen molar-refractivity contribution in [2.75, 3.05) is 0 Å². The van der Waals surface area contributed by atoms with Crippen LogP contribution in [-0.4, -0.2) is 13.7 Å². The van der Waals surface area contributed by atoms with E-state index in [1.807, 2.05) is 31.2 Å². The van der Waals surface area contributed by atoms with Gasteiger partial charge < -0.3 is 0 Å². The molecule has 1 aliphatic carbocycles. The molecule has 0 bridgehead atoms. The predicted octanol–water partition coefficient (Wildman–Crippen LogP) is 2.97. The standard InChI is InChI=1S/C18H14N2O2S/c1-13-7-9-14(10-8-13)16-17(18(16,11-19)12-20)23(21,22)15-5-3-2-4-6-15/h2-10,16-17H,1H3/t16-,17-/m0/s1. The van der Waals surface area contributed by atoms with Crippen molar-refractivity contribution in [1.82, 2.24) is 0 Å². The van der Waals surface area contributed by atoms with E-state index in [2.05, 4.69) is 0 Å². The van der Waals surface area contributed by atoms with Crippen LogP contribution in [0.4, 0.5) is 0 Å². The SMILES string of the molecule is Cc1ccc([C@H]2[C@H](S(=O)(=O)c3ccccc3)C2(C#N)C#N)cc1. The topological polar surface area (TPSA) is 81.7 Å². The van der Waals surface area contributed by atoms with Crippen molar-refractivity contribution in [3.63, 3.8) is 0 Å². The zero-order valence-electron chi connectivity index (χ0n) is 12.5. The first-order valence-electron chi connectivity index (χ1n) is 7.15. The first kappa shape index (κ1) is 15.3. The van der Waals surface area contributed by atoms with E-state index in [9.17, 15) is 18.9 Å². The highest BCUT2D eigenvalue weighted by atomic mass is 32.2. The van der Waals surface area contributed by atoms with E-state index in [-0.39, 0.29) is 4.90 Å². The first-order chi connectivity index (χ1) is 11.0. The second kappa shape index (κ2) is 5.22. The Kier molecular flexibility index (Phi) is 3.47. The minimum atomic E-state index is -3.75. The van der Waals surface area contributed by atoms with Gasteiger partial charge in [0.1, 0.15) is 5.25 Å². The van der Waals surface area contributed by atoms with Crippen molar-refractivity contribution in [1.29, 1.82) is 10.5 Å². The summed E-state index contributed by atoms with van der Waals surface area (Å²) in [5.74, 6) is -0.622. The number of nitrogens with zero attached hydrogens (tertiary/aromatic N) is 2. The molecule has 1 aliphatic rings. The molecule has 0 heterocycles. The number of hydrogen-bond acceptors (Lipinski definition) is 4. The average Bonchev–Trinajstić information content (AvgIpc) is 3.27. The molecule has 2 aromatic rings. The van der Waals surface area contributed by atoms with Crippen molar-refractivity contribution >= 4 is 9.84 Å². The highest BCUT2D eigenvalue weighted by molar-refractivity contribution is 7.92. The Bertz CT molecular complexity index is 906. The third-order valence-corrected chi connectivity index (χ3v) is 6.59. The molecule has 0 radical (unpaired) electrons. The van der Waals surface area contributed by atoms with E-state index >= 15 is 0 Å². The largest absolute Gasteiger partial charge is 0.223 e. The zero-order chi connectivity index (χ0) is 16.7. The van der Waals surface area contributed by atoms with Crippen LogP contribution < -0.4 is 0 Å². The molecule has 4 nitrogen and oxygen atoms in total. The quantitative estimate of drug-likeness (QED) is 0.870. The highest BCUT2D eigenvalue weighted by Gasteiger charge is 2.73. The van der Waals surface area contributed by atoms with Crippen molar-refractivity contribution in [2.24, 2.45) is 5.41 Å². The number of sulfone groups is 1. The maximum Gasteiger partial charge on any atom is 0.184 e. The number of aryl methyl sites for hydroxylation is 1. The fourth-order valence-corrected chi connectivity index (χ4v) is 5.26. The second-order valence-electron chi connectivity index (χ2n) is 5.76. The van der Waals surface area contributed by atoms with Gasteiger partial charge in [-0.25, -0.2) is 8.42 Å². The lowest BCUT2D eigenvalue weighted by Crippen LogP contribution is -2.14. The van der Waals surface area contributed by atoms with Gasteiger partial charge in [0.05, 0.1) is 17.0 Å². The van der Waals surface area contributed by atoms with Crippen LogP contribution in [-0.2, 0) is 9.84 Å². The lowest BCUT2D eigenvalue weighted by Gasteiger charge is -2.03. The Morgan fingerprint density at radius 1 is 0.957 bits per heavy atom. The molecule has 3 rings (SSSR count). The summed E-state index contributed by atoms with van der Waals surface area (Å²) in [6, 6.07) is 19.2. The van der Waals surface area contributed by atoms with Crippen LogP contribution in [0.25, 0.3) is 0 Å². The van der Waals surface area contributed by atoms with Crippen LogP contribution in [0.5, 0.6) is 0 Å². The van der Waals surface area contributed by atoms with E-state index in [4.69, 9.17) is 0 Å². The molecule has 2 aromatic carbocycles. The monoisotopic (exact) mass is 322 g/mol. The summed E-state index contributed by atoms with van der Waals surface area (Å²) >= 11 is 0. The third-order valence-electron chi connectivity index (χ3n) is 4.35. The van der Waals surface area contributed by atoms with Crippen LogP contribution in [0.1, 0.15) is 17.0 Å². The van der Waals surface area contributed by atoms with E-state index in [0.717, 1.165) is 5.56 Å². The molecular weight excluding hydrogens is 308 g/mol. The maximum atomic E-state index is 12.9. The predicted molar refractivity (Wildman–Crippen MR) is 85.0 cm³/mol. The number of nitriles is 2. The van der Waals surface area contributed by atoms with Gasteiger partial charge in [-0.1, -0.05) is 48.0 Å². The molecular formula is C18H14N2O2S.